The Labute approximate surface area is 187 Å². The van der Waals surface area contributed by atoms with Crippen LogP contribution in [0.5, 0.6) is 0 Å². The minimum absolute atomic E-state index is 0.0987. The Balaban J connectivity index is 1.38. The fraction of sp³-hybridized carbons (Fsp3) is 0.739. The number of carbonyl (C=O) groups is 1. The van der Waals surface area contributed by atoms with E-state index in [1.165, 1.54) is 6.20 Å². The molecule has 32 heavy (non-hydrogen) atoms. The van der Waals surface area contributed by atoms with Crippen LogP contribution in [0.25, 0.3) is 0 Å². The lowest BCUT2D eigenvalue weighted by atomic mass is 9.74. The molecule has 1 amide bonds. The topological polar surface area (TPSA) is 57.7 Å². The van der Waals surface area contributed by atoms with Crippen LogP contribution in [-0.4, -0.2) is 60.8 Å². The number of alkyl halides is 3. The van der Waals surface area contributed by atoms with Crippen molar-refractivity contribution in [2.24, 2.45) is 11.3 Å². The van der Waals surface area contributed by atoms with E-state index in [-0.39, 0.29) is 24.1 Å². The molecule has 9 heteroatoms. The fourth-order valence-corrected chi connectivity index (χ4v) is 5.38. The highest BCUT2D eigenvalue weighted by atomic mass is 19.4. The Morgan fingerprint density at radius 1 is 1.25 bits per heavy atom. The van der Waals surface area contributed by atoms with E-state index in [2.05, 4.69) is 24.1 Å². The molecule has 6 nitrogen and oxygen atoms in total. The molecule has 2 saturated heterocycles. The number of amides is 1. The van der Waals surface area contributed by atoms with Crippen molar-refractivity contribution in [2.45, 2.75) is 64.4 Å². The summed E-state index contributed by atoms with van der Waals surface area (Å²) in [7, 11) is 0. The quantitative estimate of drug-likeness (QED) is 0.736. The van der Waals surface area contributed by atoms with Crippen molar-refractivity contribution in [3.63, 3.8) is 0 Å². The molecule has 1 unspecified atom stereocenters. The highest BCUT2D eigenvalue weighted by Crippen LogP contribution is 2.46. The van der Waals surface area contributed by atoms with Crippen molar-refractivity contribution in [1.82, 2.24) is 15.2 Å². The van der Waals surface area contributed by atoms with Gasteiger partial charge in [-0.1, -0.05) is 13.8 Å². The van der Waals surface area contributed by atoms with Crippen LogP contribution in [0.3, 0.4) is 0 Å². The second kappa shape index (κ2) is 9.17. The molecule has 178 valence electrons. The van der Waals surface area contributed by atoms with Crippen LogP contribution >= 0.6 is 0 Å². The van der Waals surface area contributed by atoms with Gasteiger partial charge in [-0.2, -0.15) is 13.2 Å². The molecular weight excluding hydrogens is 421 g/mol. The summed E-state index contributed by atoms with van der Waals surface area (Å²) in [5, 5.41) is 3.59. The monoisotopic (exact) mass is 454 g/mol. The first kappa shape index (κ1) is 23.3. The summed E-state index contributed by atoms with van der Waals surface area (Å²) < 4.78 is 44.8. The number of anilines is 1. The van der Waals surface area contributed by atoms with Crippen LogP contribution in [-0.2, 0) is 15.7 Å². The largest absolute Gasteiger partial charge is 0.416 e. The summed E-state index contributed by atoms with van der Waals surface area (Å²) in [6, 6.07) is 2.35. The number of nitrogens with one attached hydrogen (secondary N) is 1. The van der Waals surface area contributed by atoms with E-state index in [9.17, 15) is 18.0 Å². The number of piperazine rings is 1. The fourth-order valence-electron chi connectivity index (χ4n) is 5.38. The van der Waals surface area contributed by atoms with Gasteiger partial charge in [0.2, 0.25) is 5.91 Å². The minimum Gasteiger partial charge on any atom is -0.363 e. The molecule has 0 radical (unpaired) electrons. The second-order valence-electron chi connectivity index (χ2n) is 9.60. The second-order valence-corrected chi connectivity index (χ2v) is 9.60. The molecule has 1 aliphatic carbocycles. The molecule has 0 bridgehead atoms. The molecule has 3 fully saturated rings. The van der Waals surface area contributed by atoms with Crippen LogP contribution in [0.4, 0.5) is 19.0 Å². The first-order valence-corrected chi connectivity index (χ1v) is 11.6. The van der Waals surface area contributed by atoms with Crippen LogP contribution in [0, 0.1) is 11.3 Å². The SMILES string of the molecule is CC(C)[C@@]1(C(=O)N2CCN(c3cc(C(F)(F)F)ccn3)CC2)CC[C@H](NC2CCCO2)C1. The summed E-state index contributed by atoms with van der Waals surface area (Å²) in [6.45, 7) is 6.98. The van der Waals surface area contributed by atoms with E-state index in [4.69, 9.17) is 4.74 Å². The van der Waals surface area contributed by atoms with Gasteiger partial charge in [-0.05, 0) is 50.2 Å². The highest BCUT2D eigenvalue weighted by molar-refractivity contribution is 5.83. The number of aromatic nitrogens is 1. The zero-order valence-electron chi connectivity index (χ0n) is 18.8. The Morgan fingerprint density at radius 2 is 2.00 bits per heavy atom. The first-order valence-electron chi connectivity index (χ1n) is 11.6. The van der Waals surface area contributed by atoms with Crippen molar-refractivity contribution in [2.75, 3.05) is 37.7 Å². The normalized spacial score (nSPS) is 29.2. The van der Waals surface area contributed by atoms with Gasteiger partial charge in [-0.25, -0.2) is 4.98 Å². The van der Waals surface area contributed by atoms with Gasteiger partial charge in [0.15, 0.2) is 0 Å². The lowest BCUT2D eigenvalue weighted by Gasteiger charge is -2.42. The summed E-state index contributed by atoms with van der Waals surface area (Å²) in [6.07, 6.45) is 1.61. The van der Waals surface area contributed by atoms with Gasteiger partial charge < -0.3 is 14.5 Å². The van der Waals surface area contributed by atoms with E-state index in [1.54, 1.807) is 0 Å². The van der Waals surface area contributed by atoms with Crippen LogP contribution in [0.2, 0.25) is 0 Å². The smallest absolute Gasteiger partial charge is 0.363 e. The lowest BCUT2D eigenvalue weighted by molar-refractivity contribution is -0.145. The molecule has 1 aromatic rings. The average Bonchev–Trinajstić information content (AvgIpc) is 3.44. The summed E-state index contributed by atoms with van der Waals surface area (Å²) in [5.74, 6) is 0.711. The van der Waals surface area contributed by atoms with Gasteiger partial charge in [-0.15, -0.1) is 0 Å². The van der Waals surface area contributed by atoms with Crippen molar-refractivity contribution >= 4 is 11.7 Å². The van der Waals surface area contributed by atoms with Crippen molar-refractivity contribution < 1.29 is 22.7 Å². The number of pyridine rings is 1. The lowest BCUT2D eigenvalue weighted by Crippen LogP contribution is -2.54. The predicted molar refractivity (Wildman–Crippen MR) is 115 cm³/mol. The van der Waals surface area contributed by atoms with Gasteiger partial charge in [0.25, 0.3) is 0 Å². The summed E-state index contributed by atoms with van der Waals surface area (Å²) in [5.41, 5.74) is -1.09. The van der Waals surface area contributed by atoms with Gasteiger partial charge >= 0.3 is 6.18 Å². The van der Waals surface area contributed by atoms with Crippen molar-refractivity contribution in [1.29, 1.82) is 0 Å². The Kier molecular flexibility index (Phi) is 6.68. The number of hydrogen-bond donors (Lipinski definition) is 1. The zero-order valence-corrected chi connectivity index (χ0v) is 18.8. The van der Waals surface area contributed by atoms with Gasteiger partial charge in [0, 0.05) is 45.0 Å². The molecule has 3 heterocycles. The third kappa shape index (κ3) is 4.73. The van der Waals surface area contributed by atoms with Crippen molar-refractivity contribution in [3.05, 3.63) is 23.9 Å². The Morgan fingerprint density at radius 3 is 2.62 bits per heavy atom. The van der Waals surface area contributed by atoms with E-state index in [0.717, 1.165) is 50.8 Å². The van der Waals surface area contributed by atoms with Crippen LogP contribution in [0.15, 0.2) is 18.3 Å². The third-order valence-corrected chi connectivity index (χ3v) is 7.40. The Bertz CT molecular complexity index is 805. The summed E-state index contributed by atoms with van der Waals surface area (Å²) in [4.78, 5) is 21.5. The molecule has 1 aromatic heterocycles. The maximum atomic E-state index is 13.7. The third-order valence-electron chi connectivity index (χ3n) is 7.40. The maximum absolute atomic E-state index is 13.7. The molecule has 1 saturated carbocycles. The molecule has 4 rings (SSSR count). The molecular formula is C23H33F3N4O2. The molecule has 1 N–H and O–H groups in total. The molecule has 2 aliphatic heterocycles. The summed E-state index contributed by atoms with van der Waals surface area (Å²) >= 11 is 0. The molecule has 0 spiro atoms. The minimum atomic E-state index is -4.39. The van der Waals surface area contributed by atoms with Crippen LogP contribution in [0.1, 0.15) is 51.5 Å². The highest BCUT2D eigenvalue weighted by Gasteiger charge is 2.50. The van der Waals surface area contributed by atoms with Gasteiger partial charge in [-0.3, -0.25) is 10.1 Å². The van der Waals surface area contributed by atoms with Gasteiger partial charge in [0.05, 0.1) is 11.0 Å². The molecule has 3 aliphatic rings. The maximum Gasteiger partial charge on any atom is 0.416 e. The van der Waals surface area contributed by atoms with Crippen LogP contribution < -0.4 is 10.2 Å². The number of hydrogen-bond acceptors (Lipinski definition) is 5. The van der Waals surface area contributed by atoms with Crippen molar-refractivity contribution in [3.8, 4) is 0 Å². The number of nitrogens with zero attached hydrogens (tertiary/aromatic N) is 3. The van der Waals surface area contributed by atoms with Gasteiger partial charge in [0.1, 0.15) is 12.0 Å². The number of ether oxygens (including phenoxy) is 1. The van der Waals surface area contributed by atoms with E-state index < -0.39 is 17.2 Å². The first-order chi connectivity index (χ1) is 15.2. The van der Waals surface area contributed by atoms with E-state index in [1.807, 2.05) is 9.80 Å². The number of rotatable bonds is 5. The number of carbonyl (C=O) groups excluding carboxylic acids is 1. The van der Waals surface area contributed by atoms with E-state index >= 15 is 0 Å². The standard InChI is InChI=1S/C23H33F3N4O2/c1-16(2)22(7-5-18(15-22)28-20-4-3-13-32-20)21(31)30-11-9-29(10-12-30)19-14-17(6-8-27-19)23(24,25)26/h6,8,14,16,18,20,28H,3-5,7,9-13,15H2,1-2H3/t18-,20?,22+/m0/s1. The molecule has 3 atom stereocenters. The average molecular weight is 455 g/mol. The predicted octanol–water partition coefficient (Wildman–Crippen LogP) is 3.67. The zero-order chi connectivity index (χ0) is 22.9. The number of halogens is 3. The Hall–Kier alpha value is -1.87. The molecule has 0 aromatic carbocycles. The van der Waals surface area contributed by atoms with E-state index in [0.29, 0.717) is 32.0 Å².